The fourth-order valence-corrected chi connectivity index (χ4v) is 2.04. The van der Waals surface area contributed by atoms with E-state index in [2.05, 4.69) is 0 Å². The highest BCUT2D eigenvalue weighted by molar-refractivity contribution is 6.34. The van der Waals surface area contributed by atoms with Gasteiger partial charge in [0, 0.05) is 6.42 Å². The van der Waals surface area contributed by atoms with Crippen molar-refractivity contribution >= 4 is 17.7 Å². The second kappa shape index (κ2) is 9.05. The first-order valence-corrected chi connectivity index (χ1v) is 7.82. The number of methoxy groups -OCH3 is 1. The molecule has 0 aliphatic heterocycles. The van der Waals surface area contributed by atoms with Crippen molar-refractivity contribution in [3.8, 4) is 5.75 Å². The van der Waals surface area contributed by atoms with Crippen LogP contribution in [0.25, 0.3) is 0 Å². The van der Waals surface area contributed by atoms with Crippen LogP contribution in [0.2, 0.25) is 0 Å². The molecular weight excluding hydrogens is 312 g/mol. The molecule has 1 aromatic rings. The van der Waals surface area contributed by atoms with Gasteiger partial charge in [0.05, 0.1) is 25.2 Å². The van der Waals surface area contributed by atoms with Gasteiger partial charge in [-0.2, -0.15) is 0 Å². The fourth-order valence-electron chi connectivity index (χ4n) is 2.04. The molecule has 0 bridgehead atoms. The Morgan fingerprint density at radius 1 is 0.917 bits per heavy atom. The molecule has 6 nitrogen and oxygen atoms in total. The normalized spacial score (nSPS) is 12.0. The molecule has 0 aromatic heterocycles. The number of carbonyl (C=O) groups excluding carboxylic acids is 3. The SMILES string of the molecule is COc1ccc(C(CC(=O)C(=O)OC(C)C)C(=O)OC(C)C)cc1. The van der Waals surface area contributed by atoms with Crippen LogP contribution in [0, 0.1) is 0 Å². The smallest absolute Gasteiger partial charge is 0.374 e. The lowest BCUT2D eigenvalue weighted by Crippen LogP contribution is -2.27. The summed E-state index contributed by atoms with van der Waals surface area (Å²) < 4.78 is 15.2. The Labute approximate surface area is 142 Å². The molecule has 0 heterocycles. The van der Waals surface area contributed by atoms with Crippen LogP contribution < -0.4 is 4.74 Å². The molecule has 0 aliphatic carbocycles. The van der Waals surface area contributed by atoms with E-state index in [4.69, 9.17) is 14.2 Å². The molecule has 0 radical (unpaired) electrons. The fraction of sp³-hybridized carbons (Fsp3) is 0.500. The van der Waals surface area contributed by atoms with E-state index in [0.717, 1.165) is 0 Å². The minimum absolute atomic E-state index is 0.302. The summed E-state index contributed by atoms with van der Waals surface area (Å²) in [6, 6.07) is 6.71. The largest absolute Gasteiger partial charge is 0.497 e. The molecule has 0 spiro atoms. The quantitative estimate of drug-likeness (QED) is 0.536. The molecule has 0 N–H and O–H groups in total. The number of ketones is 1. The Morgan fingerprint density at radius 2 is 1.46 bits per heavy atom. The zero-order valence-electron chi connectivity index (χ0n) is 14.7. The third-order valence-electron chi connectivity index (χ3n) is 3.11. The number of ether oxygens (including phenoxy) is 3. The Balaban J connectivity index is 2.98. The molecule has 0 saturated heterocycles. The average molecular weight is 336 g/mol. The highest BCUT2D eigenvalue weighted by Crippen LogP contribution is 2.25. The maximum absolute atomic E-state index is 12.3. The van der Waals surface area contributed by atoms with Gasteiger partial charge in [-0.25, -0.2) is 4.79 Å². The predicted molar refractivity (Wildman–Crippen MR) is 87.8 cm³/mol. The van der Waals surface area contributed by atoms with E-state index in [9.17, 15) is 14.4 Å². The van der Waals surface area contributed by atoms with Gasteiger partial charge in [-0.1, -0.05) is 12.1 Å². The molecule has 0 fully saturated rings. The van der Waals surface area contributed by atoms with Crippen LogP contribution in [-0.4, -0.2) is 37.0 Å². The maximum Gasteiger partial charge on any atom is 0.374 e. The topological polar surface area (TPSA) is 78.9 Å². The van der Waals surface area contributed by atoms with E-state index in [1.165, 1.54) is 7.11 Å². The summed E-state index contributed by atoms with van der Waals surface area (Å²) in [6.07, 6.45) is -1.02. The van der Waals surface area contributed by atoms with Gasteiger partial charge < -0.3 is 14.2 Å². The van der Waals surface area contributed by atoms with Gasteiger partial charge >= 0.3 is 11.9 Å². The Morgan fingerprint density at radius 3 is 1.92 bits per heavy atom. The lowest BCUT2D eigenvalue weighted by molar-refractivity contribution is -0.158. The number of hydrogen-bond donors (Lipinski definition) is 0. The third-order valence-corrected chi connectivity index (χ3v) is 3.11. The second-order valence-electron chi connectivity index (χ2n) is 5.89. The maximum atomic E-state index is 12.3. The van der Waals surface area contributed by atoms with Gasteiger partial charge in [0.2, 0.25) is 5.78 Å². The van der Waals surface area contributed by atoms with Crippen LogP contribution in [0.3, 0.4) is 0 Å². The van der Waals surface area contributed by atoms with Gasteiger partial charge in [-0.05, 0) is 45.4 Å². The van der Waals surface area contributed by atoms with Gasteiger partial charge in [0.1, 0.15) is 5.75 Å². The van der Waals surface area contributed by atoms with Crippen LogP contribution in [0.1, 0.15) is 45.6 Å². The van der Waals surface area contributed by atoms with Crippen molar-refractivity contribution in [2.24, 2.45) is 0 Å². The lowest BCUT2D eigenvalue weighted by Gasteiger charge is -2.18. The first-order chi connectivity index (χ1) is 11.2. The van der Waals surface area contributed by atoms with E-state index in [-0.39, 0.29) is 12.5 Å². The molecule has 1 atom stereocenters. The molecular formula is C18H24O6. The first-order valence-electron chi connectivity index (χ1n) is 7.82. The van der Waals surface area contributed by atoms with Crippen molar-refractivity contribution in [2.75, 3.05) is 7.11 Å². The summed E-state index contributed by atoms with van der Waals surface area (Å²) in [5, 5.41) is 0. The number of carbonyl (C=O) groups is 3. The Bertz CT molecular complexity index is 574. The summed E-state index contributed by atoms with van der Waals surface area (Å²) in [4.78, 5) is 36.1. The molecule has 1 rings (SSSR count). The number of hydrogen-bond acceptors (Lipinski definition) is 6. The summed E-state index contributed by atoms with van der Waals surface area (Å²) >= 11 is 0. The number of Topliss-reactive ketones (excluding diaryl/α,β-unsaturated/α-hetero) is 1. The minimum atomic E-state index is -0.944. The summed E-state index contributed by atoms with van der Waals surface area (Å²) in [5.41, 5.74) is 0.576. The molecule has 1 aromatic carbocycles. The van der Waals surface area contributed by atoms with E-state index < -0.39 is 29.7 Å². The number of esters is 2. The van der Waals surface area contributed by atoms with Crippen LogP contribution in [-0.2, 0) is 23.9 Å². The van der Waals surface area contributed by atoms with Crippen molar-refractivity contribution in [1.29, 1.82) is 0 Å². The average Bonchev–Trinajstić information content (AvgIpc) is 2.51. The van der Waals surface area contributed by atoms with Gasteiger partial charge in [0.25, 0.3) is 0 Å². The third kappa shape index (κ3) is 6.02. The zero-order valence-corrected chi connectivity index (χ0v) is 14.7. The van der Waals surface area contributed by atoms with Crippen molar-refractivity contribution in [3.05, 3.63) is 29.8 Å². The molecule has 0 saturated carbocycles. The van der Waals surface area contributed by atoms with Crippen LogP contribution in [0.5, 0.6) is 5.75 Å². The van der Waals surface area contributed by atoms with Gasteiger partial charge in [0.15, 0.2) is 0 Å². The lowest BCUT2D eigenvalue weighted by atomic mass is 9.93. The summed E-state index contributed by atoms with van der Waals surface area (Å²) in [6.45, 7) is 6.74. The zero-order chi connectivity index (χ0) is 18.3. The molecule has 6 heteroatoms. The first kappa shape index (κ1) is 19.7. The van der Waals surface area contributed by atoms with E-state index in [0.29, 0.717) is 11.3 Å². The number of rotatable bonds is 8. The van der Waals surface area contributed by atoms with Crippen molar-refractivity contribution in [3.63, 3.8) is 0 Å². The monoisotopic (exact) mass is 336 g/mol. The Hall–Kier alpha value is -2.37. The minimum Gasteiger partial charge on any atom is -0.497 e. The van der Waals surface area contributed by atoms with Gasteiger partial charge in [-0.15, -0.1) is 0 Å². The van der Waals surface area contributed by atoms with Crippen molar-refractivity contribution < 1.29 is 28.6 Å². The van der Waals surface area contributed by atoms with E-state index in [1.807, 2.05) is 0 Å². The number of benzene rings is 1. The highest BCUT2D eigenvalue weighted by atomic mass is 16.5. The molecule has 132 valence electrons. The summed E-state index contributed by atoms with van der Waals surface area (Å²) in [5.74, 6) is -2.50. The molecule has 0 amide bonds. The van der Waals surface area contributed by atoms with Crippen LogP contribution in [0.15, 0.2) is 24.3 Å². The van der Waals surface area contributed by atoms with Gasteiger partial charge in [-0.3, -0.25) is 9.59 Å². The van der Waals surface area contributed by atoms with Crippen LogP contribution >= 0.6 is 0 Å². The molecule has 1 unspecified atom stereocenters. The second-order valence-corrected chi connectivity index (χ2v) is 5.89. The molecule has 0 aliphatic rings. The highest BCUT2D eigenvalue weighted by Gasteiger charge is 2.29. The summed E-state index contributed by atoms with van der Waals surface area (Å²) in [7, 11) is 1.53. The van der Waals surface area contributed by atoms with E-state index in [1.54, 1.807) is 52.0 Å². The predicted octanol–water partition coefficient (Wildman–Crippen LogP) is 2.64. The molecule has 24 heavy (non-hydrogen) atoms. The van der Waals surface area contributed by atoms with E-state index >= 15 is 0 Å². The van der Waals surface area contributed by atoms with Crippen LogP contribution in [0.4, 0.5) is 0 Å². The Kier molecular flexibility index (Phi) is 7.42. The van der Waals surface area contributed by atoms with Crippen molar-refractivity contribution in [2.45, 2.75) is 52.2 Å². The standard InChI is InChI=1S/C18H24O6/c1-11(2)23-17(20)15(10-16(19)18(21)24-12(3)4)13-6-8-14(22-5)9-7-13/h6-9,11-12,15H,10H2,1-5H3. The van der Waals surface area contributed by atoms with Crippen molar-refractivity contribution in [1.82, 2.24) is 0 Å².